The van der Waals surface area contributed by atoms with E-state index in [0.717, 1.165) is 12.1 Å². The zero-order chi connectivity index (χ0) is 15.7. The summed E-state index contributed by atoms with van der Waals surface area (Å²) in [4.78, 5) is 33.4. The summed E-state index contributed by atoms with van der Waals surface area (Å²) in [7, 11) is 0. The molecule has 1 aromatic carbocycles. The monoisotopic (exact) mass is 297 g/mol. The molecule has 2 aromatic rings. The Morgan fingerprint density at radius 1 is 1.32 bits per heavy atom. The van der Waals surface area contributed by atoms with E-state index in [1.54, 1.807) is 11.8 Å². The van der Waals surface area contributed by atoms with Crippen LogP contribution in [0.3, 0.4) is 0 Å². The van der Waals surface area contributed by atoms with Crippen molar-refractivity contribution in [2.45, 2.75) is 33.2 Å². The van der Waals surface area contributed by atoms with Gasteiger partial charge in [-0.3, -0.25) is 9.59 Å². The second-order valence-electron chi connectivity index (χ2n) is 5.60. The van der Waals surface area contributed by atoms with Crippen LogP contribution in [0.5, 0.6) is 0 Å². The second-order valence-corrected chi connectivity index (χ2v) is 5.60. The molecule has 0 spiro atoms. The van der Waals surface area contributed by atoms with Crippen LogP contribution < -0.4 is 5.56 Å². The average molecular weight is 297 g/mol. The van der Waals surface area contributed by atoms with Gasteiger partial charge in [0.05, 0.1) is 17.8 Å². The summed E-state index contributed by atoms with van der Waals surface area (Å²) in [6.07, 6.45) is 1.57. The highest BCUT2D eigenvalue weighted by atomic mass is 16.2. The number of hydrogen-bond acceptors (Lipinski definition) is 3. The number of benzene rings is 1. The molecule has 0 unspecified atom stereocenters. The first-order chi connectivity index (χ1) is 10.6. The largest absolute Gasteiger partial charge is 0.334 e. The van der Waals surface area contributed by atoms with E-state index in [0.29, 0.717) is 36.5 Å². The van der Waals surface area contributed by atoms with Crippen molar-refractivity contribution in [2.24, 2.45) is 0 Å². The first kappa shape index (κ1) is 14.5. The lowest BCUT2D eigenvalue weighted by molar-refractivity contribution is 0.0732. The zero-order valence-electron chi connectivity index (χ0n) is 12.8. The molecule has 0 fully saturated rings. The predicted octanol–water partition coefficient (Wildman–Crippen LogP) is 1.84. The van der Waals surface area contributed by atoms with E-state index in [9.17, 15) is 9.59 Å². The average Bonchev–Trinajstić information content (AvgIpc) is 2.54. The lowest BCUT2D eigenvalue weighted by Crippen LogP contribution is -2.39. The third kappa shape index (κ3) is 2.66. The van der Waals surface area contributed by atoms with Gasteiger partial charge in [0.15, 0.2) is 0 Å². The molecule has 22 heavy (non-hydrogen) atoms. The molecule has 0 saturated carbocycles. The van der Waals surface area contributed by atoms with Gasteiger partial charge in [0.2, 0.25) is 0 Å². The molecule has 2 heterocycles. The van der Waals surface area contributed by atoms with Crippen molar-refractivity contribution >= 4 is 5.91 Å². The van der Waals surface area contributed by atoms with Gasteiger partial charge in [0, 0.05) is 18.5 Å². The van der Waals surface area contributed by atoms with Crippen molar-refractivity contribution in [1.29, 1.82) is 0 Å². The van der Waals surface area contributed by atoms with Gasteiger partial charge >= 0.3 is 0 Å². The normalized spacial score (nSPS) is 13.8. The highest BCUT2D eigenvalue weighted by molar-refractivity contribution is 5.94. The lowest BCUT2D eigenvalue weighted by atomic mass is 10.0. The van der Waals surface area contributed by atoms with E-state index in [4.69, 9.17) is 0 Å². The van der Waals surface area contributed by atoms with Crippen LogP contribution in [-0.4, -0.2) is 27.3 Å². The summed E-state index contributed by atoms with van der Waals surface area (Å²) in [5.74, 6) is 0.590. The van der Waals surface area contributed by atoms with Gasteiger partial charge in [0.1, 0.15) is 5.82 Å². The van der Waals surface area contributed by atoms with Crippen LogP contribution in [-0.2, 0) is 19.4 Å². The maximum Gasteiger partial charge on any atom is 0.256 e. The molecule has 1 amide bonds. The van der Waals surface area contributed by atoms with Gasteiger partial charge in [-0.2, -0.15) is 0 Å². The number of aromatic amines is 1. The second kappa shape index (κ2) is 5.75. The summed E-state index contributed by atoms with van der Waals surface area (Å²) in [5.41, 5.74) is 3.15. The van der Waals surface area contributed by atoms with E-state index >= 15 is 0 Å². The molecular weight excluding hydrogens is 278 g/mol. The quantitative estimate of drug-likeness (QED) is 0.920. The molecule has 5 heteroatoms. The molecule has 114 valence electrons. The van der Waals surface area contributed by atoms with Crippen molar-refractivity contribution in [2.75, 3.05) is 6.54 Å². The van der Waals surface area contributed by atoms with Crippen LogP contribution >= 0.6 is 0 Å². The number of carbonyl (C=O) groups excluding carboxylic acids is 1. The minimum absolute atomic E-state index is 0.0340. The first-order valence-electron chi connectivity index (χ1n) is 7.55. The van der Waals surface area contributed by atoms with Crippen molar-refractivity contribution in [1.82, 2.24) is 14.9 Å². The van der Waals surface area contributed by atoms with Crippen LogP contribution in [0.1, 0.15) is 39.9 Å². The van der Waals surface area contributed by atoms with E-state index in [1.807, 2.05) is 24.3 Å². The number of aromatic nitrogens is 2. The summed E-state index contributed by atoms with van der Waals surface area (Å²) >= 11 is 0. The Balaban J connectivity index is 1.84. The molecule has 3 rings (SSSR count). The molecule has 0 bridgehead atoms. The third-order valence-corrected chi connectivity index (χ3v) is 4.08. The molecule has 1 aliphatic rings. The summed E-state index contributed by atoms with van der Waals surface area (Å²) < 4.78 is 0. The minimum atomic E-state index is -0.138. The summed E-state index contributed by atoms with van der Waals surface area (Å²) in [5, 5.41) is 0. The van der Waals surface area contributed by atoms with Crippen LogP contribution in [0.4, 0.5) is 0 Å². The van der Waals surface area contributed by atoms with Crippen LogP contribution in [0.2, 0.25) is 0 Å². The van der Waals surface area contributed by atoms with Gasteiger partial charge in [-0.25, -0.2) is 4.98 Å². The fraction of sp³-hybridized carbons (Fsp3) is 0.353. The van der Waals surface area contributed by atoms with Crippen molar-refractivity contribution in [3.05, 3.63) is 62.8 Å². The third-order valence-electron chi connectivity index (χ3n) is 4.08. The van der Waals surface area contributed by atoms with E-state index in [1.165, 1.54) is 5.56 Å². The Kier molecular flexibility index (Phi) is 3.79. The number of rotatable bonds is 2. The summed E-state index contributed by atoms with van der Waals surface area (Å²) in [6.45, 7) is 4.78. The number of fused-ring (bicyclic) bond motifs is 1. The fourth-order valence-corrected chi connectivity index (χ4v) is 2.79. The molecule has 5 nitrogen and oxygen atoms in total. The molecular formula is C17H19N3O2. The fourth-order valence-electron chi connectivity index (χ4n) is 2.79. The number of H-pyrrole nitrogens is 1. The molecule has 1 N–H and O–H groups in total. The number of nitrogens with zero attached hydrogens (tertiary/aromatic N) is 2. The Hall–Kier alpha value is -2.43. The highest BCUT2D eigenvalue weighted by Gasteiger charge is 2.24. The van der Waals surface area contributed by atoms with E-state index in [-0.39, 0.29) is 11.5 Å². The number of aryl methyl sites for hydroxylation is 2. The maximum absolute atomic E-state index is 12.6. The Morgan fingerprint density at radius 2 is 2.05 bits per heavy atom. The van der Waals surface area contributed by atoms with Gasteiger partial charge < -0.3 is 9.88 Å². The first-order valence-corrected chi connectivity index (χ1v) is 7.55. The van der Waals surface area contributed by atoms with E-state index < -0.39 is 0 Å². The minimum Gasteiger partial charge on any atom is -0.334 e. The standard InChI is InChI=1S/C17H19N3O2/c1-3-12-4-6-13(7-5-12)17(22)20-9-8-15-14(10-20)16(21)19-11(2)18-15/h4-7H,3,8-10H2,1-2H3,(H,18,19,21). The highest BCUT2D eigenvalue weighted by Crippen LogP contribution is 2.17. The molecule has 0 aliphatic carbocycles. The number of hydrogen-bond donors (Lipinski definition) is 1. The molecule has 0 saturated heterocycles. The van der Waals surface area contributed by atoms with Gasteiger partial charge in [-0.15, -0.1) is 0 Å². The van der Waals surface area contributed by atoms with Gasteiger partial charge in [-0.1, -0.05) is 19.1 Å². The SMILES string of the molecule is CCc1ccc(C(=O)N2CCc3nc(C)[nH]c(=O)c3C2)cc1. The predicted molar refractivity (Wildman–Crippen MR) is 83.9 cm³/mol. The van der Waals surface area contributed by atoms with Gasteiger partial charge in [0.25, 0.3) is 11.5 Å². The van der Waals surface area contributed by atoms with Crippen LogP contribution in [0, 0.1) is 6.92 Å². The van der Waals surface area contributed by atoms with Crippen LogP contribution in [0.25, 0.3) is 0 Å². The summed E-state index contributed by atoms with van der Waals surface area (Å²) in [6, 6.07) is 7.66. The number of carbonyl (C=O) groups is 1. The topological polar surface area (TPSA) is 66.1 Å². The van der Waals surface area contributed by atoms with Crippen molar-refractivity contribution in [3.8, 4) is 0 Å². The number of amides is 1. The van der Waals surface area contributed by atoms with Gasteiger partial charge in [-0.05, 0) is 31.0 Å². The molecule has 1 aliphatic heterocycles. The molecule has 0 atom stereocenters. The smallest absolute Gasteiger partial charge is 0.256 e. The molecule has 1 aromatic heterocycles. The Bertz CT molecular complexity index is 762. The Morgan fingerprint density at radius 3 is 2.73 bits per heavy atom. The lowest BCUT2D eigenvalue weighted by Gasteiger charge is -2.27. The van der Waals surface area contributed by atoms with E-state index in [2.05, 4.69) is 16.9 Å². The van der Waals surface area contributed by atoms with Crippen LogP contribution in [0.15, 0.2) is 29.1 Å². The van der Waals surface area contributed by atoms with Crippen molar-refractivity contribution < 1.29 is 4.79 Å². The van der Waals surface area contributed by atoms with Crippen molar-refractivity contribution in [3.63, 3.8) is 0 Å². The maximum atomic E-state index is 12.6. The molecule has 0 radical (unpaired) electrons. The number of nitrogens with one attached hydrogen (secondary N) is 1. The zero-order valence-corrected chi connectivity index (χ0v) is 12.8. The Labute approximate surface area is 129 Å².